The number of urea groups is 1. The van der Waals surface area contributed by atoms with Gasteiger partial charge < -0.3 is 14.7 Å². The molecule has 0 aromatic heterocycles. The number of amides is 4. The smallest absolute Gasteiger partial charge is 0.327 e. The molecule has 1 aromatic rings. The zero-order chi connectivity index (χ0) is 18.8. The summed E-state index contributed by atoms with van der Waals surface area (Å²) < 4.78 is 0. The fraction of sp³-hybridized carbons (Fsp3) is 0.550. The Balaban J connectivity index is 1.22. The van der Waals surface area contributed by atoms with Gasteiger partial charge in [-0.15, -0.1) is 0 Å². The number of hydrogen-bond donors (Lipinski definition) is 0. The first-order valence-electron chi connectivity index (χ1n) is 9.85. The number of carbonyl (C=O) groups is 3. The van der Waals surface area contributed by atoms with Crippen LogP contribution in [-0.4, -0.2) is 77.9 Å². The van der Waals surface area contributed by atoms with Gasteiger partial charge in [-0.05, 0) is 31.4 Å². The molecule has 1 atom stereocenters. The largest absolute Gasteiger partial charge is 0.368 e. The van der Waals surface area contributed by atoms with Crippen molar-refractivity contribution in [2.75, 3.05) is 44.2 Å². The SMILES string of the molecule is O=C(CCCN1C(=O)C2CCCN2C1=O)N1CCN(c2ccccc2)CC1. The Labute approximate surface area is 159 Å². The van der Waals surface area contributed by atoms with Crippen LogP contribution in [-0.2, 0) is 9.59 Å². The van der Waals surface area contributed by atoms with Crippen molar-refractivity contribution in [3.8, 4) is 0 Å². The van der Waals surface area contributed by atoms with Gasteiger partial charge in [-0.2, -0.15) is 0 Å². The number of fused-ring (bicyclic) bond motifs is 1. The average molecular weight is 370 g/mol. The summed E-state index contributed by atoms with van der Waals surface area (Å²) in [4.78, 5) is 44.3. The molecule has 0 radical (unpaired) electrons. The summed E-state index contributed by atoms with van der Waals surface area (Å²) in [5, 5.41) is 0. The van der Waals surface area contributed by atoms with Crippen molar-refractivity contribution in [2.45, 2.75) is 31.7 Å². The summed E-state index contributed by atoms with van der Waals surface area (Å²) in [7, 11) is 0. The second kappa shape index (κ2) is 7.58. The summed E-state index contributed by atoms with van der Waals surface area (Å²) in [6, 6.07) is 9.81. The molecule has 4 amide bonds. The summed E-state index contributed by atoms with van der Waals surface area (Å²) in [6.45, 7) is 4.11. The van der Waals surface area contributed by atoms with E-state index in [4.69, 9.17) is 0 Å². The van der Waals surface area contributed by atoms with Crippen LogP contribution in [0.3, 0.4) is 0 Å². The first-order chi connectivity index (χ1) is 13.1. The maximum Gasteiger partial charge on any atom is 0.327 e. The lowest BCUT2D eigenvalue weighted by Gasteiger charge is -2.36. The third-order valence-corrected chi connectivity index (χ3v) is 5.81. The molecule has 3 fully saturated rings. The molecule has 3 saturated heterocycles. The second-order valence-corrected chi connectivity index (χ2v) is 7.43. The molecule has 0 bridgehead atoms. The van der Waals surface area contributed by atoms with Crippen LogP contribution >= 0.6 is 0 Å². The predicted octanol–water partition coefficient (Wildman–Crippen LogP) is 1.54. The predicted molar refractivity (Wildman–Crippen MR) is 101 cm³/mol. The molecule has 3 aliphatic heterocycles. The molecule has 7 heteroatoms. The minimum atomic E-state index is -0.251. The van der Waals surface area contributed by atoms with Crippen LogP contribution in [0.4, 0.5) is 10.5 Å². The molecule has 0 N–H and O–H groups in total. The Morgan fingerprint density at radius 1 is 1.00 bits per heavy atom. The normalized spacial score (nSPS) is 22.6. The molecule has 0 aliphatic carbocycles. The lowest BCUT2D eigenvalue weighted by molar-refractivity contribution is -0.132. The van der Waals surface area contributed by atoms with Crippen molar-refractivity contribution in [3.63, 3.8) is 0 Å². The van der Waals surface area contributed by atoms with E-state index in [9.17, 15) is 14.4 Å². The quantitative estimate of drug-likeness (QED) is 0.738. The Morgan fingerprint density at radius 2 is 1.74 bits per heavy atom. The van der Waals surface area contributed by atoms with Crippen molar-refractivity contribution < 1.29 is 14.4 Å². The Kier molecular flexibility index (Phi) is 5.01. The van der Waals surface area contributed by atoms with Crippen LogP contribution in [0.25, 0.3) is 0 Å². The number of carbonyl (C=O) groups excluding carboxylic acids is 3. The summed E-state index contributed by atoms with van der Waals surface area (Å²) >= 11 is 0. The van der Waals surface area contributed by atoms with E-state index in [-0.39, 0.29) is 23.9 Å². The zero-order valence-electron chi connectivity index (χ0n) is 15.5. The minimum absolute atomic E-state index is 0.0820. The monoisotopic (exact) mass is 370 g/mol. The number of piperazine rings is 1. The molecule has 0 spiro atoms. The van der Waals surface area contributed by atoms with E-state index < -0.39 is 0 Å². The molecule has 3 heterocycles. The van der Waals surface area contributed by atoms with Gasteiger partial charge in [0.2, 0.25) is 5.91 Å². The lowest BCUT2D eigenvalue weighted by Crippen LogP contribution is -2.48. The van der Waals surface area contributed by atoms with Crippen molar-refractivity contribution >= 4 is 23.5 Å². The van der Waals surface area contributed by atoms with Gasteiger partial charge >= 0.3 is 6.03 Å². The maximum atomic E-state index is 12.5. The molecular weight excluding hydrogens is 344 g/mol. The van der Waals surface area contributed by atoms with Crippen LogP contribution in [0.15, 0.2) is 30.3 Å². The van der Waals surface area contributed by atoms with Crippen LogP contribution in [0, 0.1) is 0 Å². The van der Waals surface area contributed by atoms with Gasteiger partial charge in [0, 0.05) is 51.4 Å². The molecule has 1 aromatic carbocycles. The van der Waals surface area contributed by atoms with Crippen LogP contribution in [0.1, 0.15) is 25.7 Å². The number of para-hydroxylation sites is 1. The van der Waals surface area contributed by atoms with Gasteiger partial charge in [-0.1, -0.05) is 18.2 Å². The number of rotatable bonds is 5. The van der Waals surface area contributed by atoms with E-state index in [1.54, 1.807) is 4.90 Å². The van der Waals surface area contributed by atoms with E-state index >= 15 is 0 Å². The van der Waals surface area contributed by atoms with Crippen molar-refractivity contribution in [1.82, 2.24) is 14.7 Å². The molecule has 144 valence electrons. The Morgan fingerprint density at radius 3 is 2.44 bits per heavy atom. The number of benzene rings is 1. The zero-order valence-corrected chi connectivity index (χ0v) is 15.5. The molecule has 3 aliphatic rings. The number of anilines is 1. The highest BCUT2D eigenvalue weighted by Gasteiger charge is 2.46. The molecule has 1 unspecified atom stereocenters. The molecular formula is C20H26N4O3. The highest BCUT2D eigenvalue weighted by molar-refractivity contribution is 6.04. The second-order valence-electron chi connectivity index (χ2n) is 7.43. The fourth-order valence-corrected chi connectivity index (χ4v) is 4.29. The van der Waals surface area contributed by atoms with E-state index in [1.165, 1.54) is 10.6 Å². The van der Waals surface area contributed by atoms with E-state index in [0.717, 1.165) is 25.9 Å². The third kappa shape index (κ3) is 3.50. The van der Waals surface area contributed by atoms with Crippen LogP contribution in [0.2, 0.25) is 0 Å². The average Bonchev–Trinajstić information content (AvgIpc) is 3.28. The molecule has 27 heavy (non-hydrogen) atoms. The summed E-state index contributed by atoms with van der Waals surface area (Å²) in [5.41, 5.74) is 1.19. The van der Waals surface area contributed by atoms with Gasteiger partial charge in [0.15, 0.2) is 0 Å². The van der Waals surface area contributed by atoms with Crippen molar-refractivity contribution in [2.24, 2.45) is 0 Å². The standard InChI is InChI=1S/C20H26N4O3/c25-18(22-14-12-21(13-15-22)16-6-2-1-3-7-16)9-5-11-24-19(26)17-8-4-10-23(17)20(24)27/h1-3,6-7,17H,4-5,8-15H2. The number of nitrogens with zero attached hydrogens (tertiary/aromatic N) is 4. The van der Waals surface area contributed by atoms with Crippen LogP contribution in [0.5, 0.6) is 0 Å². The maximum absolute atomic E-state index is 12.5. The van der Waals surface area contributed by atoms with Gasteiger partial charge in [0.05, 0.1) is 0 Å². The van der Waals surface area contributed by atoms with Crippen molar-refractivity contribution in [3.05, 3.63) is 30.3 Å². The van der Waals surface area contributed by atoms with Gasteiger partial charge in [0.1, 0.15) is 6.04 Å². The van der Waals surface area contributed by atoms with Gasteiger partial charge in [0.25, 0.3) is 5.91 Å². The number of hydrogen-bond acceptors (Lipinski definition) is 4. The highest BCUT2D eigenvalue weighted by atomic mass is 16.2. The molecule has 7 nitrogen and oxygen atoms in total. The first-order valence-corrected chi connectivity index (χ1v) is 9.85. The third-order valence-electron chi connectivity index (χ3n) is 5.81. The first kappa shape index (κ1) is 17.8. The van der Waals surface area contributed by atoms with Crippen LogP contribution < -0.4 is 4.90 Å². The Bertz CT molecular complexity index is 693. The van der Waals surface area contributed by atoms with E-state index in [2.05, 4.69) is 17.0 Å². The highest BCUT2D eigenvalue weighted by Crippen LogP contribution is 2.27. The summed E-state index contributed by atoms with van der Waals surface area (Å²) in [6.07, 6.45) is 2.60. The topological polar surface area (TPSA) is 64.2 Å². The number of imide groups is 1. The molecule has 4 rings (SSSR count). The summed E-state index contributed by atoms with van der Waals surface area (Å²) in [5.74, 6) is 0.0312. The van der Waals surface area contributed by atoms with Crippen molar-refractivity contribution in [1.29, 1.82) is 0 Å². The fourth-order valence-electron chi connectivity index (χ4n) is 4.29. The lowest BCUT2D eigenvalue weighted by atomic mass is 10.2. The van der Waals surface area contributed by atoms with Gasteiger partial charge in [-0.25, -0.2) is 4.79 Å². The van der Waals surface area contributed by atoms with E-state index in [0.29, 0.717) is 39.0 Å². The Hall–Kier alpha value is -2.57. The van der Waals surface area contributed by atoms with E-state index in [1.807, 2.05) is 23.1 Å². The minimum Gasteiger partial charge on any atom is -0.368 e. The van der Waals surface area contributed by atoms with Gasteiger partial charge in [-0.3, -0.25) is 14.5 Å². The molecule has 0 saturated carbocycles.